The molecular formula is C21H34N4O2Si. The van der Waals surface area contributed by atoms with Gasteiger partial charge in [-0.1, -0.05) is 20.8 Å². The van der Waals surface area contributed by atoms with Gasteiger partial charge in [0.25, 0.3) is 0 Å². The molecule has 0 spiro atoms. The zero-order chi connectivity index (χ0) is 20.2. The van der Waals surface area contributed by atoms with Gasteiger partial charge >= 0.3 is 0 Å². The standard InChI is InChI=1S/C21H34N4O2Si/c1-21(2,3)28(4,5)27-20-8-6-18(7-9-20)23-19-16-22-25(17-19)11-10-24-12-14-26-15-13-24/h6-9,16-17,23H,10-15H2,1-5H3. The Labute approximate surface area is 170 Å². The van der Waals surface area contributed by atoms with Crippen molar-refractivity contribution in [3.8, 4) is 5.75 Å². The average Bonchev–Trinajstić information content (AvgIpc) is 3.09. The van der Waals surface area contributed by atoms with Crippen molar-refractivity contribution >= 4 is 19.7 Å². The molecule has 2 aromatic rings. The Bertz CT molecular complexity index is 747. The normalized spacial score (nSPS) is 16.2. The summed E-state index contributed by atoms with van der Waals surface area (Å²) in [4.78, 5) is 2.42. The summed E-state index contributed by atoms with van der Waals surface area (Å²) < 4.78 is 13.7. The molecule has 1 fully saturated rings. The Balaban J connectivity index is 1.52. The highest BCUT2D eigenvalue weighted by Gasteiger charge is 2.38. The van der Waals surface area contributed by atoms with Gasteiger partial charge in [-0.3, -0.25) is 9.58 Å². The number of aromatic nitrogens is 2. The predicted molar refractivity (Wildman–Crippen MR) is 117 cm³/mol. The molecule has 28 heavy (non-hydrogen) atoms. The number of anilines is 2. The van der Waals surface area contributed by atoms with Crippen LogP contribution in [0.15, 0.2) is 36.7 Å². The fraction of sp³-hybridized carbons (Fsp3) is 0.571. The van der Waals surface area contributed by atoms with Gasteiger partial charge in [0.15, 0.2) is 0 Å². The summed E-state index contributed by atoms with van der Waals surface area (Å²) >= 11 is 0. The quantitative estimate of drug-likeness (QED) is 0.698. The maximum Gasteiger partial charge on any atom is 0.250 e. The van der Waals surface area contributed by atoms with Crippen molar-refractivity contribution in [2.24, 2.45) is 0 Å². The van der Waals surface area contributed by atoms with Gasteiger partial charge in [-0.2, -0.15) is 5.10 Å². The molecule has 1 N–H and O–H groups in total. The molecule has 1 aromatic carbocycles. The molecule has 0 unspecified atom stereocenters. The van der Waals surface area contributed by atoms with Crippen LogP contribution in [0, 0.1) is 0 Å². The first-order valence-electron chi connectivity index (χ1n) is 10.1. The number of hydrogen-bond acceptors (Lipinski definition) is 5. The van der Waals surface area contributed by atoms with E-state index in [2.05, 4.69) is 67.5 Å². The highest BCUT2D eigenvalue weighted by molar-refractivity contribution is 6.74. The SMILES string of the molecule is CC(C)(C)[Si](C)(C)Oc1ccc(Nc2cnn(CCN3CCOCC3)c2)cc1. The largest absolute Gasteiger partial charge is 0.544 e. The van der Waals surface area contributed by atoms with E-state index in [9.17, 15) is 0 Å². The van der Waals surface area contributed by atoms with Crippen LogP contribution in [0.5, 0.6) is 5.75 Å². The van der Waals surface area contributed by atoms with Crippen LogP contribution < -0.4 is 9.74 Å². The highest BCUT2D eigenvalue weighted by Crippen LogP contribution is 2.37. The lowest BCUT2D eigenvalue weighted by molar-refractivity contribution is 0.0360. The van der Waals surface area contributed by atoms with E-state index < -0.39 is 8.32 Å². The van der Waals surface area contributed by atoms with Crippen molar-refractivity contribution in [1.82, 2.24) is 14.7 Å². The second-order valence-electron chi connectivity index (χ2n) is 8.96. The van der Waals surface area contributed by atoms with Crippen LogP contribution in [-0.4, -0.2) is 55.8 Å². The topological polar surface area (TPSA) is 51.5 Å². The summed E-state index contributed by atoms with van der Waals surface area (Å²) in [5, 5.41) is 8.08. The molecule has 0 bridgehead atoms. The van der Waals surface area contributed by atoms with Gasteiger partial charge in [0.2, 0.25) is 8.32 Å². The van der Waals surface area contributed by atoms with E-state index in [0.717, 1.165) is 56.5 Å². The van der Waals surface area contributed by atoms with E-state index in [-0.39, 0.29) is 5.04 Å². The van der Waals surface area contributed by atoms with E-state index in [1.165, 1.54) is 0 Å². The molecule has 0 saturated carbocycles. The highest BCUT2D eigenvalue weighted by atomic mass is 28.4. The molecular weight excluding hydrogens is 368 g/mol. The molecule has 154 valence electrons. The Morgan fingerprint density at radius 3 is 2.39 bits per heavy atom. The smallest absolute Gasteiger partial charge is 0.250 e. The molecule has 0 radical (unpaired) electrons. The first kappa shape index (κ1) is 20.9. The van der Waals surface area contributed by atoms with Gasteiger partial charge < -0.3 is 14.5 Å². The van der Waals surface area contributed by atoms with E-state index >= 15 is 0 Å². The van der Waals surface area contributed by atoms with Crippen LogP contribution in [0.25, 0.3) is 0 Å². The fourth-order valence-electron chi connectivity index (χ4n) is 2.84. The average molecular weight is 403 g/mol. The maximum atomic E-state index is 6.35. The number of nitrogens with one attached hydrogen (secondary N) is 1. The lowest BCUT2D eigenvalue weighted by atomic mass is 10.2. The first-order valence-corrected chi connectivity index (χ1v) is 13.0. The number of morpholine rings is 1. The van der Waals surface area contributed by atoms with Crippen molar-refractivity contribution in [1.29, 1.82) is 0 Å². The summed E-state index contributed by atoms with van der Waals surface area (Å²) in [5.41, 5.74) is 2.04. The number of nitrogens with zero attached hydrogens (tertiary/aromatic N) is 3. The van der Waals surface area contributed by atoms with Gasteiger partial charge in [-0.05, 0) is 42.4 Å². The summed E-state index contributed by atoms with van der Waals surface area (Å²) in [5.74, 6) is 0.943. The van der Waals surface area contributed by atoms with Crippen molar-refractivity contribution in [2.45, 2.75) is 45.4 Å². The molecule has 1 saturated heterocycles. The number of rotatable bonds is 7. The zero-order valence-corrected chi connectivity index (χ0v) is 18.9. The second kappa shape index (κ2) is 8.67. The molecule has 7 heteroatoms. The fourth-order valence-corrected chi connectivity index (χ4v) is 3.87. The van der Waals surface area contributed by atoms with Gasteiger partial charge in [-0.15, -0.1) is 0 Å². The van der Waals surface area contributed by atoms with Gasteiger partial charge in [-0.25, -0.2) is 0 Å². The van der Waals surface area contributed by atoms with E-state index in [1.807, 2.05) is 23.0 Å². The third-order valence-electron chi connectivity index (χ3n) is 5.70. The first-order chi connectivity index (χ1) is 13.2. The Morgan fingerprint density at radius 2 is 1.75 bits per heavy atom. The van der Waals surface area contributed by atoms with E-state index in [1.54, 1.807) is 0 Å². The van der Waals surface area contributed by atoms with E-state index in [0.29, 0.717) is 0 Å². The Kier molecular flexibility index (Phi) is 6.47. The van der Waals surface area contributed by atoms with Crippen molar-refractivity contribution in [3.63, 3.8) is 0 Å². The number of hydrogen-bond donors (Lipinski definition) is 1. The second-order valence-corrected chi connectivity index (χ2v) is 13.7. The van der Waals surface area contributed by atoms with E-state index in [4.69, 9.17) is 9.16 Å². The Morgan fingerprint density at radius 1 is 1.07 bits per heavy atom. The van der Waals surface area contributed by atoms with Crippen LogP contribution in [0.1, 0.15) is 20.8 Å². The Hall–Kier alpha value is -1.83. The molecule has 3 rings (SSSR count). The predicted octanol–water partition coefficient (Wildman–Crippen LogP) is 4.34. The summed E-state index contributed by atoms with van der Waals surface area (Å²) in [6.07, 6.45) is 3.93. The molecule has 0 aliphatic carbocycles. The molecule has 1 aromatic heterocycles. The van der Waals surface area contributed by atoms with Crippen LogP contribution in [0.3, 0.4) is 0 Å². The number of ether oxygens (including phenoxy) is 1. The molecule has 0 amide bonds. The van der Waals surface area contributed by atoms with Crippen molar-refractivity contribution in [2.75, 3.05) is 38.2 Å². The minimum Gasteiger partial charge on any atom is -0.544 e. The summed E-state index contributed by atoms with van der Waals surface area (Å²) in [6, 6.07) is 8.22. The van der Waals surface area contributed by atoms with Gasteiger partial charge in [0.05, 0.1) is 31.6 Å². The lowest BCUT2D eigenvalue weighted by Crippen LogP contribution is -2.43. The minimum atomic E-state index is -1.80. The number of benzene rings is 1. The zero-order valence-electron chi connectivity index (χ0n) is 17.9. The molecule has 6 nitrogen and oxygen atoms in total. The molecule has 0 atom stereocenters. The van der Waals surface area contributed by atoms with Crippen molar-refractivity contribution in [3.05, 3.63) is 36.7 Å². The van der Waals surface area contributed by atoms with Crippen LogP contribution in [0.2, 0.25) is 18.1 Å². The third-order valence-corrected chi connectivity index (χ3v) is 10.1. The van der Waals surface area contributed by atoms with Gasteiger partial charge in [0.1, 0.15) is 5.75 Å². The molecule has 2 heterocycles. The monoisotopic (exact) mass is 402 g/mol. The van der Waals surface area contributed by atoms with Crippen LogP contribution >= 0.6 is 0 Å². The summed E-state index contributed by atoms with van der Waals surface area (Å²) in [6.45, 7) is 16.9. The lowest BCUT2D eigenvalue weighted by Gasteiger charge is -2.36. The minimum absolute atomic E-state index is 0.194. The maximum absolute atomic E-state index is 6.35. The molecule has 1 aliphatic heterocycles. The molecule has 1 aliphatic rings. The third kappa shape index (κ3) is 5.59. The van der Waals surface area contributed by atoms with Gasteiger partial charge in [0, 0.05) is 31.5 Å². The van der Waals surface area contributed by atoms with Crippen LogP contribution in [-0.2, 0) is 11.3 Å². The van der Waals surface area contributed by atoms with Crippen molar-refractivity contribution < 1.29 is 9.16 Å². The van der Waals surface area contributed by atoms with Crippen LogP contribution in [0.4, 0.5) is 11.4 Å². The summed E-state index contributed by atoms with van der Waals surface area (Å²) in [7, 11) is -1.80.